The predicted octanol–water partition coefficient (Wildman–Crippen LogP) is 2.49. The van der Waals surface area contributed by atoms with Crippen molar-refractivity contribution in [2.24, 2.45) is 10.9 Å². The van der Waals surface area contributed by atoms with Crippen LogP contribution in [0.2, 0.25) is 0 Å². The molecule has 0 saturated carbocycles. The highest BCUT2D eigenvalue weighted by molar-refractivity contribution is 5.91. The maximum Gasteiger partial charge on any atom is 0.149 e. The van der Waals surface area contributed by atoms with Gasteiger partial charge in [-0.3, -0.25) is 0 Å². The summed E-state index contributed by atoms with van der Waals surface area (Å²) in [5, 5.41) is 12.0. The van der Waals surface area contributed by atoms with E-state index in [4.69, 9.17) is 10.9 Å². The lowest BCUT2D eigenvalue weighted by Gasteiger charge is -2.30. The Kier molecular flexibility index (Phi) is 3.72. The monoisotopic (exact) mass is 206 g/mol. The highest BCUT2D eigenvalue weighted by Gasteiger charge is 2.33. The minimum Gasteiger partial charge on any atom is -0.409 e. The van der Waals surface area contributed by atoms with Gasteiger partial charge in [-0.15, -0.1) is 0 Å². The number of amidine groups is 1. The Balaban J connectivity index is 3.23. The van der Waals surface area contributed by atoms with E-state index in [1.807, 2.05) is 30.3 Å². The first-order valence-electron chi connectivity index (χ1n) is 5.24. The van der Waals surface area contributed by atoms with E-state index >= 15 is 0 Å². The van der Waals surface area contributed by atoms with Gasteiger partial charge in [0.2, 0.25) is 0 Å². The lowest BCUT2D eigenvalue weighted by atomic mass is 9.75. The average molecular weight is 206 g/mol. The molecule has 0 saturated heterocycles. The van der Waals surface area contributed by atoms with E-state index in [0.29, 0.717) is 5.84 Å². The molecule has 82 valence electrons. The summed E-state index contributed by atoms with van der Waals surface area (Å²) in [6, 6.07) is 9.95. The molecule has 0 spiro atoms. The molecule has 0 aromatic heterocycles. The zero-order chi connectivity index (χ0) is 11.3. The smallest absolute Gasteiger partial charge is 0.149 e. The van der Waals surface area contributed by atoms with Crippen molar-refractivity contribution in [3.05, 3.63) is 35.9 Å². The fourth-order valence-corrected chi connectivity index (χ4v) is 2.02. The van der Waals surface area contributed by atoms with Crippen molar-refractivity contribution >= 4 is 5.84 Å². The molecule has 0 fully saturated rings. The van der Waals surface area contributed by atoms with Crippen LogP contribution in [0.5, 0.6) is 0 Å². The van der Waals surface area contributed by atoms with Crippen molar-refractivity contribution in [2.75, 3.05) is 0 Å². The van der Waals surface area contributed by atoms with Gasteiger partial charge in [0.25, 0.3) is 0 Å². The molecule has 3 heteroatoms. The molecule has 0 bridgehead atoms. The van der Waals surface area contributed by atoms with E-state index < -0.39 is 0 Å². The molecule has 3 N–H and O–H groups in total. The number of rotatable bonds is 4. The maximum absolute atomic E-state index is 8.86. The summed E-state index contributed by atoms with van der Waals surface area (Å²) < 4.78 is 0. The molecule has 0 amide bonds. The summed E-state index contributed by atoms with van der Waals surface area (Å²) >= 11 is 0. The molecule has 0 aliphatic heterocycles. The summed E-state index contributed by atoms with van der Waals surface area (Å²) in [6.07, 6.45) is 1.65. The first kappa shape index (κ1) is 11.6. The van der Waals surface area contributed by atoms with Crippen LogP contribution in [0.15, 0.2) is 35.5 Å². The van der Waals surface area contributed by atoms with Crippen molar-refractivity contribution in [1.29, 1.82) is 0 Å². The normalized spacial score (nSPS) is 12.8. The van der Waals surface area contributed by atoms with Crippen LogP contribution < -0.4 is 5.73 Å². The fraction of sp³-hybridized carbons (Fsp3) is 0.417. The van der Waals surface area contributed by atoms with Gasteiger partial charge < -0.3 is 10.9 Å². The predicted molar refractivity (Wildman–Crippen MR) is 62.1 cm³/mol. The number of benzene rings is 1. The number of hydrogen-bond donors (Lipinski definition) is 2. The Bertz CT molecular complexity index is 329. The van der Waals surface area contributed by atoms with Crippen LogP contribution in [0.25, 0.3) is 0 Å². The Morgan fingerprint density at radius 2 is 1.80 bits per heavy atom. The van der Waals surface area contributed by atoms with Crippen LogP contribution in [0.3, 0.4) is 0 Å². The minimum absolute atomic E-state index is 0.290. The largest absolute Gasteiger partial charge is 0.409 e. The summed E-state index contributed by atoms with van der Waals surface area (Å²) in [4.78, 5) is 0. The first-order chi connectivity index (χ1) is 7.21. The number of nitrogens with two attached hydrogens (primary N) is 1. The Labute approximate surface area is 90.6 Å². The molecule has 1 aromatic rings. The van der Waals surface area contributed by atoms with Crippen LogP contribution in [0.4, 0.5) is 0 Å². The van der Waals surface area contributed by atoms with Gasteiger partial charge in [-0.05, 0) is 18.4 Å². The van der Waals surface area contributed by atoms with Gasteiger partial charge in [-0.1, -0.05) is 49.3 Å². The summed E-state index contributed by atoms with van der Waals surface area (Å²) in [7, 11) is 0. The van der Waals surface area contributed by atoms with Gasteiger partial charge >= 0.3 is 0 Å². The molecule has 0 aliphatic rings. The Morgan fingerprint density at radius 1 is 1.27 bits per heavy atom. The van der Waals surface area contributed by atoms with Gasteiger partial charge in [0.1, 0.15) is 5.84 Å². The molecule has 0 radical (unpaired) electrons. The van der Waals surface area contributed by atoms with E-state index in [1.54, 1.807) is 0 Å². The summed E-state index contributed by atoms with van der Waals surface area (Å²) in [5.41, 5.74) is 6.57. The van der Waals surface area contributed by atoms with Gasteiger partial charge in [-0.25, -0.2) is 0 Å². The topological polar surface area (TPSA) is 58.6 Å². The fourth-order valence-electron chi connectivity index (χ4n) is 2.02. The van der Waals surface area contributed by atoms with E-state index in [9.17, 15) is 0 Å². The van der Waals surface area contributed by atoms with Crippen molar-refractivity contribution in [3.63, 3.8) is 0 Å². The molecule has 0 aliphatic carbocycles. The number of oxime groups is 1. The van der Waals surface area contributed by atoms with Crippen LogP contribution in [0, 0.1) is 0 Å². The molecule has 0 atom stereocenters. The van der Waals surface area contributed by atoms with Crippen molar-refractivity contribution < 1.29 is 5.21 Å². The Hall–Kier alpha value is -1.51. The van der Waals surface area contributed by atoms with Crippen molar-refractivity contribution in [3.8, 4) is 0 Å². The molecule has 0 heterocycles. The number of hydrogen-bond acceptors (Lipinski definition) is 2. The molecule has 1 aromatic carbocycles. The lowest BCUT2D eigenvalue weighted by Crippen LogP contribution is -2.40. The van der Waals surface area contributed by atoms with Gasteiger partial charge in [0, 0.05) is 0 Å². The molecule has 15 heavy (non-hydrogen) atoms. The first-order valence-corrected chi connectivity index (χ1v) is 5.24. The third-order valence-corrected chi connectivity index (χ3v) is 3.13. The van der Waals surface area contributed by atoms with E-state index in [2.05, 4.69) is 19.0 Å². The van der Waals surface area contributed by atoms with Gasteiger partial charge in [-0.2, -0.15) is 0 Å². The summed E-state index contributed by atoms with van der Waals surface area (Å²) in [5.74, 6) is 0.290. The van der Waals surface area contributed by atoms with Gasteiger partial charge in [0.05, 0.1) is 5.41 Å². The second-order valence-corrected chi connectivity index (χ2v) is 3.64. The zero-order valence-corrected chi connectivity index (χ0v) is 9.27. The molecule has 0 unspecified atom stereocenters. The quantitative estimate of drug-likeness (QED) is 0.344. The van der Waals surface area contributed by atoms with Crippen molar-refractivity contribution in [1.82, 2.24) is 0 Å². The SMILES string of the molecule is CCC(CC)(C(N)=NO)c1ccccc1. The second-order valence-electron chi connectivity index (χ2n) is 3.64. The van der Waals surface area contributed by atoms with Crippen molar-refractivity contribution in [2.45, 2.75) is 32.1 Å². The lowest BCUT2D eigenvalue weighted by molar-refractivity contribution is 0.309. The standard InChI is InChI=1S/C12H18N2O/c1-3-12(4-2,11(13)14-15)10-8-6-5-7-9-10/h5-9,15H,3-4H2,1-2H3,(H2,13,14). The highest BCUT2D eigenvalue weighted by Crippen LogP contribution is 2.31. The third-order valence-electron chi connectivity index (χ3n) is 3.13. The molecular formula is C12H18N2O. The van der Waals surface area contributed by atoms with Crippen LogP contribution in [0.1, 0.15) is 32.3 Å². The molecular weight excluding hydrogens is 188 g/mol. The zero-order valence-electron chi connectivity index (χ0n) is 9.27. The highest BCUT2D eigenvalue weighted by atomic mass is 16.4. The van der Waals surface area contributed by atoms with Gasteiger partial charge in [0.15, 0.2) is 0 Å². The summed E-state index contributed by atoms with van der Waals surface area (Å²) in [6.45, 7) is 4.10. The molecule has 3 nitrogen and oxygen atoms in total. The van der Waals surface area contributed by atoms with E-state index in [-0.39, 0.29) is 5.41 Å². The van der Waals surface area contributed by atoms with Crippen LogP contribution in [-0.2, 0) is 5.41 Å². The molecule has 1 rings (SSSR count). The van der Waals surface area contributed by atoms with Crippen LogP contribution >= 0.6 is 0 Å². The Morgan fingerprint density at radius 3 is 2.20 bits per heavy atom. The number of nitrogens with zero attached hydrogens (tertiary/aromatic N) is 1. The minimum atomic E-state index is -0.337. The van der Waals surface area contributed by atoms with E-state index in [0.717, 1.165) is 18.4 Å². The van der Waals surface area contributed by atoms with Crippen LogP contribution in [-0.4, -0.2) is 11.0 Å². The maximum atomic E-state index is 8.86. The third kappa shape index (κ3) is 1.96. The second kappa shape index (κ2) is 4.82. The average Bonchev–Trinajstić information content (AvgIpc) is 2.32. The van der Waals surface area contributed by atoms with E-state index in [1.165, 1.54) is 0 Å².